The molecule has 0 aromatic heterocycles. The van der Waals surface area contributed by atoms with Gasteiger partial charge in [-0.15, -0.1) is 0 Å². The highest BCUT2D eigenvalue weighted by atomic mass is 16.5. The summed E-state index contributed by atoms with van der Waals surface area (Å²) in [4.78, 5) is 24.2. The summed E-state index contributed by atoms with van der Waals surface area (Å²) in [5, 5.41) is 0. The molecule has 3 heteroatoms. The summed E-state index contributed by atoms with van der Waals surface area (Å²) >= 11 is 0. The molecule has 0 N–H and O–H groups in total. The topological polar surface area (TPSA) is 43.4 Å². The molecule has 2 aromatic rings. The maximum Gasteiger partial charge on any atom is 0.311 e. The average molecular weight is 320 g/mol. The molecule has 0 saturated carbocycles. The lowest BCUT2D eigenvalue weighted by atomic mass is 9.90. The van der Waals surface area contributed by atoms with Crippen LogP contribution in [0.5, 0.6) is 5.75 Å². The fraction of sp³-hybridized carbons (Fsp3) is 0.333. The van der Waals surface area contributed by atoms with Crippen molar-refractivity contribution in [3.63, 3.8) is 0 Å². The van der Waals surface area contributed by atoms with Gasteiger partial charge in [-0.1, -0.05) is 24.3 Å². The molecule has 1 unspecified atom stereocenters. The Morgan fingerprint density at radius 2 is 1.92 bits per heavy atom. The van der Waals surface area contributed by atoms with Gasteiger partial charge < -0.3 is 4.74 Å². The Hall–Kier alpha value is -2.42. The number of hydrogen-bond donors (Lipinski definition) is 0. The summed E-state index contributed by atoms with van der Waals surface area (Å²) in [6.07, 6.45) is 4.83. The van der Waals surface area contributed by atoms with Gasteiger partial charge in [0.25, 0.3) is 0 Å². The van der Waals surface area contributed by atoms with Crippen LogP contribution < -0.4 is 4.74 Å². The third kappa shape index (κ3) is 2.86. The summed E-state index contributed by atoms with van der Waals surface area (Å²) < 4.78 is 5.54. The van der Waals surface area contributed by atoms with E-state index in [0.717, 1.165) is 36.8 Å². The molecular weight excluding hydrogens is 300 g/mol. The molecule has 24 heavy (non-hydrogen) atoms. The molecule has 0 radical (unpaired) electrons. The first-order valence-electron chi connectivity index (χ1n) is 8.65. The number of carbonyl (C=O) groups is 2. The van der Waals surface area contributed by atoms with E-state index in [9.17, 15) is 9.59 Å². The van der Waals surface area contributed by atoms with E-state index in [4.69, 9.17) is 4.74 Å². The maximum atomic E-state index is 12.3. The number of benzene rings is 2. The predicted molar refractivity (Wildman–Crippen MR) is 91.5 cm³/mol. The van der Waals surface area contributed by atoms with Crippen molar-refractivity contribution in [2.75, 3.05) is 0 Å². The molecule has 0 amide bonds. The van der Waals surface area contributed by atoms with Crippen LogP contribution in [0.1, 0.15) is 58.6 Å². The average Bonchev–Trinajstić information content (AvgIpc) is 2.98. The second-order valence-corrected chi connectivity index (χ2v) is 6.71. The van der Waals surface area contributed by atoms with Crippen LogP contribution in [-0.2, 0) is 17.6 Å². The molecule has 0 saturated heterocycles. The predicted octanol–water partition coefficient (Wildman–Crippen LogP) is 4.23. The largest absolute Gasteiger partial charge is 0.427 e. The minimum absolute atomic E-state index is 0.191. The maximum absolute atomic E-state index is 12.3. The van der Waals surface area contributed by atoms with Gasteiger partial charge in [-0.05, 0) is 66.5 Å². The first-order chi connectivity index (χ1) is 11.7. The normalized spacial score (nSPS) is 18.8. The highest BCUT2D eigenvalue weighted by Crippen LogP contribution is 2.35. The summed E-state index contributed by atoms with van der Waals surface area (Å²) in [6, 6.07) is 13.7. The zero-order chi connectivity index (χ0) is 16.5. The number of carbonyl (C=O) groups excluding carboxylic acids is 2. The first-order valence-corrected chi connectivity index (χ1v) is 8.65. The molecule has 3 nitrogen and oxygen atoms in total. The number of esters is 1. The van der Waals surface area contributed by atoms with Crippen LogP contribution in [0.3, 0.4) is 0 Å². The van der Waals surface area contributed by atoms with Crippen LogP contribution in [0.4, 0.5) is 0 Å². The molecule has 0 fully saturated rings. The summed E-state index contributed by atoms with van der Waals surface area (Å²) in [5.74, 6) is 0.808. The summed E-state index contributed by atoms with van der Waals surface area (Å²) in [6.45, 7) is 0. The van der Waals surface area contributed by atoms with Gasteiger partial charge in [0.1, 0.15) is 5.75 Å². The third-order valence-electron chi connectivity index (χ3n) is 5.13. The minimum atomic E-state index is -0.196. The molecule has 2 aliphatic carbocycles. The Kier molecular flexibility index (Phi) is 3.93. The molecule has 2 aliphatic rings. The SMILES string of the molecule is O=C(CC1CCc2ccccc21)Oc1ccc2c(c1)CCCC2=O. The van der Waals surface area contributed by atoms with Crippen LogP contribution in [0.15, 0.2) is 42.5 Å². The van der Waals surface area contributed by atoms with Crippen LogP contribution in [0, 0.1) is 0 Å². The van der Waals surface area contributed by atoms with Crippen molar-refractivity contribution < 1.29 is 14.3 Å². The van der Waals surface area contributed by atoms with E-state index in [0.29, 0.717) is 18.6 Å². The number of aryl methyl sites for hydroxylation is 2. The van der Waals surface area contributed by atoms with E-state index in [1.165, 1.54) is 11.1 Å². The van der Waals surface area contributed by atoms with E-state index < -0.39 is 0 Å². The summed E-state index contributed by atoms with van der Waals surface area (Å²) in [5.41, 5.74) is 4.42. The van der Waals surface area contributed by atoms with Gasteiger partial charge in [0.2, 0.25) is 0 Å². The Morgan fingerprint density at radius 1 is 1.04 bits per heavy atom. The zero-order valence-electron chi connectivity index (χ0n) is 13.6. The molecule has 0 spiro atoms. The summed E-state index contributed by atoms with van der Waals surface area (Å²) in [7, 11) is 0. The van der Waals surface area contributed by atoms with Gasteiger partial charge in [0, 0.05) is 12.0 Å². The van der Waals surface area contributed by atoms with Gasteiger partial charge in [-0.25, -0.2) is 0 Å². The number of fused-ring (bicyclic) bond motifs is 2. The van der Waals surface area contributed by atoms with Crippen molar-refractivity contribution >= 4 is 11.8 Å². The standard InChI is InChI=1S/C21H20O3/c22-20-7-3-5-15-12-17(10-11-19(15)20)24-21(23)13-16-9-8-14-4-1-2-6-18(14)16/h1-2,4,6,10-12,16H,3,5,7-9,13H2. The minimum Gasteiger partial charge on any atom is -0.427 e. The highest BCUT2D eigenvalue weighted by molar-refractivity contribution is 5.98. The van der Waals surface area contributed by atoms with E-state index >= 15 is 0 Å². The van der Waals surface area contributed by atoms with Gasteiger partial charge in [0.15, 0.2) is 5.78 Å². The first kappa shape index (κ1) is 15.1. The fourth-order valence-corrected chi connectivity index (χ4v) is 3.92. The highest BCUT2D eigenvalue weighted by Gasteiger charge is 2.25. The van der Waals surface area contributed by atoms with Crippen molar-refractivity contribution in [2.45, 2.75) is 44.4 Å². The van der Waals surface area contributed by atoms with Crippen LogP contribution in [-0.4, -0.2) is 11.8 Å². The van der Waals surface area contributed by atoms with Crippen LogP contribution >= 0.6 is 0 Å². The number of ketones is 1. The van der Waals surface area contributed by atoms with E-state index in [1.807, 2.05) is 18.2 Å². The van der Waals surface area contributed by atoms with Gasteiger partial charge in [-0.3, -0.25) is 9.59 Å². The Bertz CT molecular complexity index is 806. The molecular formula is C21H20O3. The van der Waals surface area contributed by atoms with Crippen molar-refractivity contribution in [2.24, 2.45) is 0 Å². The van der Waals surface area contributed by atoms with E-state index in [-0.39, 0.29) is 17.7 Å². The molecule has 4 rings (SSSR count). The van der Waals surface area contributed by atoms with Gasteiger partial charge in [0.05, 0.1) is 6.42 Å². The quantitative estimate of drug-likeness (QED) is 0.628. The second kappa shape index (κ2) is 6.23. The number of rotatable bonds is 3. The smallest absolute Gasteiger partial charge is 0.311 e. The molecule has 2 aromatic carbocycles. The molecule has 1 atom stereocenters. The zero-order valence-corrected chi connectivity index (χ0v) is 13.6. The Labute approximate surface area is 141 Å². The molecule has 0 heterocycles. The molecule has 0 bridgehead atoms. The lowest BCUT2D eigenvalue weighted by Gasteiger charge is -2.16. The third-order valence-corrected chi connectivity index (χ3v) is 5.13. The van der Waals surface area contributed by atoms with Crippen LogP contribution in [0.2, 0.25) is 0 Å². The van der Waals surface area contributed by atoms with Crippen molar-refractivity contribution in [3.05, 3.63) is 64.7 Å². The van der Waals surface area contributed by atoms with Crippen LogP contribution in [0.25, 0.3) is 0 Å². The number of Topliss-reactive ketones (excluding diaryl/α,β-unsaturated/α-hetero) is 1. The van der Waals surface area contributed by atoms with E-state index in [1.54, 1.807) is 12.1 Å². The number of ether oxygens (including phenoxy) is 1. The van der Waals surface area contributed by atoms with Gasteiger partial charge >= 0.3 is 5.97 Å². The second-order valence-electron chi connectivity index (χ2n) is 6.71. The van der Waals surface area contributed by atoms with Crippen molar-refractivity contribution in [1.29, 1.82) is 0 Å². The molecule has 0 aliphatic heterocycles. The lowest BCUT2D eigenvalue weighted by Crippen LogP contribution is -2.14. The van der Waals surface area contributed by atoms with E-state index in [2.05, 4.69) is 12.1 Å². The monoisotopic (exact) mass is 320 g/mol. The molecule has 122 valence electrons. The van der Waals surface area contributed by atoms with Crippen molar-refractivity contribution in [1.82, 2.24) is 0 Å². The fourth-order valence-electron chi connectivity index (χ4n) is 3.92. The number of hydrogen-bond acceptors (Lipinski definition) is 3. The van der Waals surface area contributed by atoms with Gasteiger partial charge in [-0.2, -0.15) is 0 Å². The Morgan fingerprint density at radius 3 is 2.83 bits per heavy atom. The Balaban J connectivity index is 1.45. The van der Waals surface area contributed by atoms with Crippen molar-refractivity contribution in [3.8, 4) is 5.75 Å². The lowest BCUT2D eigenvalue weighted by molar-refractivity contribution is -0.134.